The predicted molar refractivity (Wildman–Crippen MR) is 76.7 cm³/mol. The SMILES string of the molecule is COC(C)Cn1c(C(C)Cl)nc2ccccc2c1=O. The first-order valence-corrected chi connectivity index (χ1v) is 6.64. The molecule has 0 saturated carbocycles. The summed E-state index contributed by atoms with van der Waals surface area (Å²) in [6, 6.07) is 7.30. The molecule has 1 heterocycles. The van der Waals surface area contributed by atoms with Gasteiger partial charge in [0, 0.05) is 7.11 Å². The van der Waals surface area contributed by atoms with Gasteiger partial charge in [0.15, 0.2) is 0 Å². The van der Waals surface area contributed by atoms with Crippen molar-refractivity contribution in [3.63, 3.8) is 0 Å². The van der Waals surface area contributed by atoms with Crippen molar-refractivity contribution in [3.05, 3.63) is 40.4 Å². The molecule has 19 heavy (non-hydrogen) atoms. The molecule has 0 amide bonds. The third-order valence-electron chi connectivity index (χ3n) is 3.09. The zero-order valence-electron chi connectivity index (χ0n) is 11.3. The molecular weight excluding hydrogens is 264 g/mol. The standard InChI is InChI=1S/C14H17ClN2O2/c1-9(19-3)8-17-13(10(2)15)16-12-7-5-4-6-11(12)14(17)18/h4-7,9-10H,8H2,1-3H3. The molecule has 0 spiro atoms. The lowest BCUT2D eigenvalue weighted by Gasteiger charge is -2.17. The second-order valence-electron chi connectivity index (χ2n) is 4.57. The third kappa shape index (κ3) is 2.80. The summed E-state index contributed by atoms with van der Waals surface area (Å²) in [6.45, 7) is 4.16. The van der Waals surface area contributed by atoms with E-state index in [2.05, 4.69) is 4.98 Å². The van der Waals surface area contributed by atoms with Crippen molar-refractivity contribution in [2.45, 2.75) is 31.9 Å². The molecule has 2 rings (SSSR count). The molecule has 0 saturated heterocycles. The number of alkyl halides is 1. The monoisotopic (exact) mass is 280 g/mol. The van der Waals surface area contributed by atoms with Crippen LogP contribution in [0.25, 0.3) is 10.9 Å². The minimum Gasteiger partial charge on any atom is -0.380 e. The molecule has 1 aromatic carbocycles. The van der Waals surface area contributed by atoms with Crippen molar-refractivity contribution in [1.29, 1.82) is 0 Å². The van der Waals surface area contributed by atoms with E-state index in [1.165, 1.54) is 0 Å². The van der Waals surface area contributed by atoms with Crippen LogP contribution in [0.3, 0.4) is 0 Å². The van der Waals surface area contributed by atoms with E-state index >= 15 is 0 Å². The van der Waals surface area contributed by atoms with Gasteiger partial charge >= 0.3 is 0 Å². The molecule has 2 aromatic rings. The first-order chi connectivity index (χ1) is 9.04. The Bertz CT molecular complexity index is 637. The van der Waals surface area contributed by atoms with Gasteiger partial charge in [0.1, 0.15) is 5.82 Å². The first-order valence-electron chi connectivity index (χ1n) is 6.21. The van der Waals surface area contributed by atoms with Crippen LogP contribution in [0.5, 0.6) is 0 Å². The number of fused-ring (bicyclic) bond motifs is 1. The van der Waals surface area contributed by atoms with E-state index in [1.54, 1.807) is 17.7 Å². The molecule has 0 aliphatic carbocycles. The predicted octanol–water partition coefficient (Wildman–Crippen LogP) is 2.73. The van der Waals surface area contributed by atoms with Gasteiger partial charge in [-0.05, 0) is 26.0 Å². The average molecular weight is 281 g/mol. The smallest absolute Gasteiger partial charge is 0.261 e. The van der Waals surface area contributed by atoms with E-state index in [0.717, 1.165) is 0 Å². The maximum atomic E-state index is 12.5. The molecule has 0 aliphatic heterocycles. The van der Waals surface area contributed by atoms with Crippen molar-refractivity contribution >= 4 is 22.5 Å². The van der Waals surface area contributed by atoms with Gasteiger partial charge in [-0.25, -0.2) is 4.98 Å². The summed E-state index contributed by atoms with van der Waals surface area (Å²) in [5.41, 5.74) is 0.605. The summed E-state index contributed by atoms with van der Waals surface area (Å²) in [5, 5.41) is 0.272. The van der Waals surface area contributed by atoms with E-state index in [0.29, 0.717) is 23.3 Å². The van der Waals surface area contributed by atoms with Crippen molar-refractivity contribution < 1.29 is 4.74 Å². The van der Waals surface area contributed by atoms with Crippen LogP contribution < -0.4 is 5.56 Å². The molecule has 0 aliphatic rings. The Hall–Kier alpha value is -1.39. The highest BCUT2D eigenvalue weighted by Gasteiger charge is 2.16. The molecule has 0 N–H and O–H groups in total. The number of hydrogen-bond acceptors (Lipinski definition) is 3. The fourth-order valence-electron chi connectivity index (χ4n) is 2.00. The van der Waals surface area contributed by atoms with E-state index < -0.39 is 0 Å². The second kappa shape index (κ2) is 5.72. The average Bonchev–Trinajstić information content (AvgIpc) is 2.41. The van der Waals surface area contributed by atoms with Crippen LogP contribution in [0.2, 0.25) is 0 Å². The Morgan fingerprint density at radius 1 is 1.37 bits per heavy atom. The fourth-order valence-corrected chi connectivity index (χ4v) is 2.16. The lowest BCUT2D eigenvalue weighted by atomic mass is 10.2. The topological polar surface area (TPSA) is 44.1 Å². The molecule has 2 unspecified atom stereocenters. The maximum absolute atomic E-state index is 12.5. The van der Waals surface area contributed by atoms with Gasteiger partial charge < -0.3 is 4.74 Å². The molecule has 1 aromatic heterocycles. The van der Waals surface area contributed by atoms with Gasteiger partial charge in [-0.2, -0.15) is 0 Å². The van der Waals surface area contributed by atoms with E-state index in [1.807, 2.05) is 32.0 Å². The number of rotatable bonds is 4. The van der Waals surface area contributed by atoms with Crippen LogP contribution in [0.15, 0.2) is 29.1 Å². The number of hydrogen-bond donors (Lipinski definition) is 0. The van der Waals surface area contributed by atoms with Crippen LogP contribution in [-0.2, 0) is 11.3 Å². The molecule has 102 valence electrons. The Balaban J connectivity index is 2.68. The third-order valence-corrected chi connectivity index (χ3v) is 3.28. The second-order valence-corrected chi connectivity index (χ2v) is 5.22. The van der Waals surface area contributed by atoms with Crippen molar-refractivity contribution in [2.24, 2.45) is 0 Å². The summed E-state index contributed by atoms with van der Waals surface area (Å²) in [4.78, 5) is 17.0. The van der Waals surface area contributed by atoms with Crippen molar-refractivity contribution in [1.82, 2.24) is 9.55 Å². The highest BCUT2D eigenvalue weighted by Crippen LogP contribution is 2.19. The summed E-state index contributed by atoms with van der Waals surface area (Å²) >= 11 is 6.14. The zero-order valence-corrected chi connectivity index (χ0v) is 12.0. The quantitative estimate of drug-likeness (QED) is 0.809. The number of benzene rings is 1. The zero-order chi connectivity index (χ0) is 14.0. The number of aromatic nitrogens is 2. The summed E-state index contributed by atoms with van der Waals surface area (Å²) in [5.74, 6) is 0.578. The molecule has 0 radical (unpaired) electrons. The molecule has 0 fully saturated rings. The molecule has 4 nitrogen and oxygen atoms in total. The van der Waals surface area contributed by atoms with Gasteiger partial charge in [-0.3, -0.25) is 9.36 Å². The van der Waals surface area contributed by atoms with E-state index in [4.69, 9.17) is 16.3 Å². The summed E-state index contributed by atoms with van der Waals surface area (Å²) in [6.07, 6.45) is -0.0742. The number of nitrogens with zero attached hydrogens (tertiary/aromatic N) is 2. The molecule has 2 atom stereocenters. The van der Waals surface area contributed by atoms with Gasteiger partial charge in [-0.15, -0.1) is 11.6 Å². The number of halogens is 1. The van der Waals surface area contributed by atoms with Gasteiger partial charge in [0.2, 0.25) is 0 Å². The van der Waals surface area contributed by atoms with Gasteiger partial charge in [0.05, 0.1) is 28.9 Å². The lowest BCUT2D eigenvalue weighted by Crippen LogP contribution is -2.30. The lowest BCUT2D eigenvalue weighted by molar-refractivity contribution is 0.101. The van der Waals surface area contributed by atoms with Gasteiger partial charge in [0.25, 0.3) is 5.56 Å². The minimum atomic E-state index is -0.332. The van der Waals surface area contributed by atoms with E-state index in [-0.39, 0.29) is 17.0 Å². The summed E-state index contributed by atoms with van der Waals surface area (Å²) < 4.78 is 6.83. The Kier molecular flexibility index (Phi) is 4.22. The highest BCUT2D eigenvalue weighted by molar-refractivity contribution is 6.20. The number of methoxy groups -OCH3 is 1. The highest BCUT2D eigenvalue weighted by atomic mass is 35.5. The number of para-hydroxylation sites is 1. The van der Waals surface area contributed by atoms with Crippen LogP contribution in [-0.4, -0.2) is 22.8 Å². The van der Waals surface area contributed by atoms with Crippen LogP contribution in [0.4, 0.5) is 0 Å². The Morgan fingerprint density at radius 3 is 2.68 bits per heavy atom. The first kappa shape index (κ1) is 14.0. The Morgan fingerprint density at radius 2 is 2.05 bits per heavy atom. The largest absolute Gasteiger partial charge is 0.380 e. The maximum Gasteiger partial charge on any atom is 0.261 e. The van der Waals surface area contributed by atoms with Crippen molar-refractivity contribution in [3.8, 4) is 0 Å². The van der Waals surface area contributed by atoms with Crippen LogP contribution in [0, 0.1) is 0 Å². The molecular formula is C14H17ClN2O2. The molecule has 0 bridgehead atoms. The molecule has 5 heteroatoms. The minimum absolute atomic E-state index is 0.0722. The fraction of sp³-hybridized carbons (Fsp3) is 0.429. The van der Waals surface area contributed by atoms with E-state index in [9.17, 15) is 4.79 Å². The summed E-state index contributed by atoms with van der Waals surface area (Å²) in [7, 11) is 1.62. The number of ether oxygens (including phenoxy) is 1. The van der Waals surface area contributed by atoms with Gasteiger partial charge in [-0.1, -0.05) is 12.1 Å². The van der Waals surface area contributed by atoms with Crippen molar-refractivity contribution in [2.75, 3.05) is 7.11 Å². The van der Waals surface area contributed by atoms with Crippen LogP contribution in [0.1, 0.15) is 25.0 Å². The Labute approximate surface area is 117 Å². The van der Waals surface area contributed by atoms with Crippen LogP contribution >= 0.6 is 11.6 Å². The normalized spacial score (nSPS) is 14.5.